The molecule has 1 aromatic heterocycles. The summed E-state index contributed by atoms with van der Waals surface area (Å²) in [6, 6.07) is 14.1. The van der Waals surface area contributed by atoms with E-state index in [0.717, 1.165) is 13.1 Å². The zero-order valence-corrected chi connectivity index (χ0v) is 16.9. The first-order valence-electron chi connectivity index (χ1n) is 9.89. The Morgan fingerprint density at radius 3 is 2.69 bits per heavy atom. The van der Waals surface area contributed by atoms with Crippen LogP contribution < -0.4 is 5.32 Å². The monoisotopic (exact) mass is 369 g/mol. The number of fused-ring (bicyclic) bond motifs is 2. The van der Waals surface area contributed by atoms with E-state index in [9.17, 15) is 0 Å². The van der Waals surface area contributed by atoms with Gasteiger partial charge in [-0.05, 0) is 74.4 Å². The Kier molecular flexibility index (Phi) is 5.46. The van der Waals surface area contributed by atoms with Gasteiger partial charge in [0.15, 0.2) is 0 Å². The molecule has 2 aliphatic rings. The van der Waals surface area contributed by atoms with E-state index in [-0.39, 0.29) is 0 Å². The maximum atomic E-state index is 3.85. The minimum Gasteiger partial charge on any atom is -0.308 e. The van der Waals surface area contributed by atoms with Crippen LogP contribution in [0.2, 0.25) is 0 Å². The summed E-state index contributed by atoms with van der Waals surface area (Å²) >= 11 is 1.85. The molecule has 1 fully saturated rings. The van der Waals surface area contributed by atoms with Crippen LogP contribution >= 0.6 is 11.3 Å². The molecular formula is C22H31N3S. The molecule has 1 aliphatic carbocycles. The van der Waals surface area contributed by atoms with Crippen LogP contribution in [0.25, 0.3) is 0 Å². The van der Waals surface area contributed by atoms with Crippen molar-refractivity contribution in [1.29, 1.82) is 0 Å². The predicted octanol–water partition coefficient (Wildman–Crippen LogP) is 3.88. The summed E-state index contributed by atoms with van der Waals surface area (Å²) in [5.41, 5.74) is 3.56. The molecule has 1 N–H and O–H groups in total. The van der Waals surface area contributed by atoms with Crippen molar-refractivity contribution in [2.45, 2.75) is 37.3 Å². The molecule has 4 heteroatoms. The number of piperidine rings is 1. The lowest BCUT2D eigenvalue weighted by Crippen LogP contribution is -2.44. The van der Waals surface area contributed by atoms with Gasteiger partial charge in [0.05, 0.1) is 0 Å². The molecule has 1 atom stereocenters. The normalized spacial score (nSPS) is 22.2. The molecule has 1 saturated heterocycles. The summed E-state index contributed by atoms with van der Waals surface area (Å²) in [6.45, 7) is 5.82. The van der Waals surface area contributed by atoms with Crippen molar-refractivity contribution in [3.8, 4) is 0 Å². The third-order valence-corrected chi connectivity index (χ3v) is 7.16. The standard InChI is InChI=1S/C22H31N3S/c1-24(2)13-14-25-11-9-22(10-12-25)16-21(19-7-3-4-8-20(19)22)23-17-18-6-5-15-26-18/h3-8,15,21,23H,9-14,16-17H2,1-2H3/t21-/m1/s1. The summed E-state index contributed by atoms with van der Waals surface area (Å²) < 4.78 is 0. The van der Waals surface area contributed by atoms with Crippen molar-refractivity contribution in [3.63, 3.8) is 0 Å². The lowest BCUT2D eigenvalue weighted by Gasteiger charge is -2.40. The van der Waals surface area contributed by atoms with E-state index >= 15 is 0 Å². The Labute approximate surface area is 162 Å². The second-order valence-electron chi connectivity index (χ2n) is 8.23. The zero-order chi connectivity index (χ0) is 18.0. The number of benzene rings is 1. The predicted molar refractivity (Wildman–Crippen MR) is 111 cm³/mol. The lowest BCUT2D eigenvalue weighted by atomic mass is 9.73. The number of nitrogens with zero attached hydrogens (tertiary/aromatic N) is 2. The molecule has 1 spiro atoms. The van der Waals surface area contributed by atoms with Crippen LogP contribution in [0.1, 0.15) is 41.3 Å². The number of likely N-dealkylation sites (N-methyl/N-ethyl adjacent to an activating group) is 1. The van der Waals surface area contributed by atoms with Crippen LogP contribution in [-0.2, 0) is 12.0 Å². The van der Waals surface area contributed by atoms with Crippen molar-refractivity contribution in [2.24, 2.45) is 0 Å². The highest BCUT2D eigenvalue weighted by molar-refractivity contribution is 7.09. The maximum absolute atomic E-state index is 3.85. The highest BCUT2D eigenvalue weighted by atomic mass is 32.1. The van der Waals surface area contributed by atoms with Crippen LogP contribution in [0.15, 0.2) is 41.8 Å². The SMILES string of the molecule is CN(C)CCN1CCC2(CC1)C[C@@H](NCc1cccs1)c1ccccc12. The molecule has 0 radical (unpaired) electrons. The molecule has 1 aromatic carbocycles. The minimum atomic E-state index is 0.387. The summed E-state index contributed by atoms with van der Waals surface area (Å²) in [4.78, 5) is 6.38. The van der Waals surface area contributed by atoms with E-state index in [1.165, 1.54) is 43.8 Å². The molecule has 0 unspecified atom stereocenters. The molecule has 0 amide bonds. The molecule has 2 aromatic rings. The fraction of sp³-hybridized carbons (Fsp3) is 0.545. The van der Waals surface area contributed by atoms with Crippen LogP contribution in [0, 0.1) is 0 Å². The maximum Gasteiger partial charge on any atom is 0.0335 e. The smallest absolute Gasteiger partial charge is 0.0335 e. The van der Waals surface area contributed by atoms with Gasteiger partial charge < -0.3 is 15.1 Å². The molecule has 0 bridgehead atoms. The fourth-order valence-electron chi connectivity index (χ4n) is 4.73. The first-order valence-corrected chi connectivity index (χ1v) is 10.8. The number of thiophene rings is 1. The van der Waals surface area contributed by atoms with Crippen LogP contribution in [0.3, 0.4) is 0 Å². The van der Waals surface area contributed by atoms with E-state index in [1.54, 1.807) is 11.1 Å². The van der Waals surface area contributed by atoms with Crippen molar-refractivity contribution >= 4 is 11.3 Å². The molecule has 140 valence electrons. The van der Waals surface area contributed by atoms with Crippen LogP contribution in [0.4, 0.5) is 0 Å². The van der Waals surface area contributed by atoms with E-state index < -0.39 is 0 Å². The first kappa shape index (κ1) is 18.2. The van der Waals surface area contributed by atoms with E-state index in [0.29, 0.717) is 11.5 Å². The Morgan fingerprint density at radius 2 is 1.96 bits per heavy atom. The van der Waals surface area contributed by atoms with Gasteiger partial charge in [-0.25, -0.2) is 0 Å². The average molecular weight is 370 g/mol. The second kappa shape index (κ2) is 7.81. The largest absolute Gasteiger partial charge is 0.308 e. The summed E-state index contributed by atoms with van der Waals surface area (Å²) in [6.07, 6.45) is 3.86. The van der Waals surface area contributed by atoms with Crippen molar-refractivity contribution in [1.82, 2.24) is 15.1 Å². The molecule has 0 saturated carbocycles. The van der Waals surface area contributed by atoms with Gasteiger partial charge in [0, 0.05) is 30.6 Å². The summed E-state index contributed by atoms with van der Waals surface area (Å²) in [5.74, 6) is 0. The fourth-order valence-corrected chi connectivity index (χ4v) is 5.39. The van der Waals surface area contributed by atoms with E-state index in [1.807, 2.05) is 11.3 Å². The number of hydrogen-bond donors (Lipinski definition) is 1. The lowest BCUT2D eigenvalue weighted by molar-refractivity contribution is 0.143. The van der Waals surface area contributed by atoms with Gasteiger partial charge in [-0.15, -0.1) is 11.3 Å². The van der Waals surface area contributed by atoms with Crippen LogP contribution in [0.5, 0.6) is 0 Å². The zero-order valence-electron chi connectivity index (χ0n) is 16.1. The molecule has 4 rings (SSSR count). The van der Waals surface area contributed by atoms with Gasteiger partial charge in [-0.3, -0.25) is 0 Å². The molecule has 2 heterocycles. The number of likely N-dealkylation sites (tertiary alicyclic amines) is 1. The van der Waals surface area contributed by atoms with Gasteiger partial charge >= 0.3 is 0 Å². The van der Waals surface area contributed by atoms with Gasteiger partial charge in [0.25, 0.3) is 0 Å². The molecule has 26 heavy (non-hydrogen) atoms. The molecular weight excluding hydrogens is 338 g/mol. The van der Waals surface area contributed by atoms with E-state index in [2.05, 4.69) is 71.0 Å². The number of rotatable bonds is 6. The Hall–Kier alpha value is -1.20. The first-order chi connectivity index (χ1) is 12.7. The van der Waals surface area contributed by atoms with E-state index in [4.69, 9.17) is 0 Å². The Morgan fingerprint density at radius 1 is 1.15 bits per heavy atom. The molecule has 1 aliphatic heterocycles. The van der Waals surface area contributed by atoms with Gasteiger partial charge in [0.2, 0.25) is 0 Å². The third-order valence-electron chi connectivity index (χ3n) is 6.28. The van der Waals surface area contributed by atoms with Crippen molar-refractivity contribution in [3.05, 3.63) is 57.8 Å². The summed E-state index contributed by atoms with van der Waals surface area (Å²) in [7, 11) is 4.34. The Bertz CT molecular complexity index is 702. The third kappa shape index (κ3) is 3.74. The van der Waals surface area contributed by atoms with Gasteiger partial charge in [-0.2, -0.15) is 0 Å². The van der Waals surface area contributed by atoms with Gasteiger partial charge in [0.1, 0.15) is 0 Å². The number of hydrogen-bond acceptors (Lipinski definition) is 4. The Balaban J connectivity index is 1.44. The summed E-state index contributed by atoms with van der Waals surface area (Å²) in [5, 5.41) is 6.02. The second-order valence-corrected chi connectivity index (χ2v) is 9.26. The molecule has 3 nitrogen and oxygen atoms in total. The van der Waals surface area contributed by atoms with Crippen molar-refractivity contribution < 1.29 is 0 Å². The number of nitrogens with one attached hydrogen (secondary N) is 1. The highest BCUT2D eigenvalue weighted by Gasteiger charge is 2.44. The highest BCUT2D eigenvalue weighted by Crippen LogP contribution is 2.50. The minimum absolute atomic E-state index is 0.387. The quantitative estimate of drug-likeness (QED) is 0.834. The van der Waals surface area contributed by atoms with Crippen LogP contribution in [-0.4, -0.2) is 50.1 Å². The average Bonchev–Trinajstić information content (AvgIpc) is 3.27. The van der Waals surface area contributed by atoms with Gasteiger partial charge in [-0.1, -0.05) is 30.3 Å². The topological polar surface area (TPSA) is 18.5 Å². The van der Waals surface area contributed by atoms with Crippen molar-refractivity contribution in [2.75, 3.05) is 40.3 Å².